The van der Waals surface area contributed by atoms with Crippen LogP contribution in [0.5, 0.6) is 11.5 Å². The van der Waals surface area contributed by atoms with Gasteiger partial charge in [-0.1, -0.05) is 29.5 Å². The molecule has 0 saturated heterocycles. The first-order chi connectivity index (χ1) is 9.31. The van der Waals surface area contributed by atoms with Crippen LogP contribution in [0.15, 0.2) is 64.8 Å². The van der Waals surface area contributed by atoms with Crippen molar-refractivity contribution < 1.29 is 4.74 Å². The highest BCUT2D eigenvalue weighted by molar-refractivity contribution is 7.07. The maximum atomic E-state index is 11.1. The van der Waals surface area contributed by atoms with Gasteiger partial charge in [-0.3, -0.25) is 4.79 Å². The number of hydrogen-bond donors (Lipinski definition) is 1. The molecule has 0 radical (unpaired) electrons. The maximum Gasteiger partial charge on any atom is 0.304 e. The zero-order valence-electron chi connectivity index (χ0n) is 10.00. The summed E-state index contributed by atoms with van der Waals surface area (Å²) in [6, 6.07) is 17.3. The first-order valence-electron chi connectivity index (χ1n) is 5.82. The first-order valence-corrected chi connectivity index (χ1v) is 6.70. The van der Waals surface area contributed by atoms with Crippen LogP contribution in [0.1, 0.15) is 0 Å². The highest BCUT2D eigenvalue weighted by atomic mass is 32.1. The molecule has 19 heavy (non-hydrogen) atoms. The van der Waals surface area contributed by atoms with Crippen molar-refractivity contribution >= 4 is 11.3 Å². The second-order valence-corrected chi connectivity index (χ2v) is 4.84. The van der Waals surface area contributed by atoms with E-state index < -0.39 is 0 Å². The molecule has 1 heterocycles. The fraction of sp³-hybridized carbons (Fsp3) is 0. The third-order valence-corrected chi connectivity index (χ3v) is 3.33. The molecule has 0 unspecified atom stereocenters. The molecule has 0 amide bonds. The number of hydrogen-bond acceptors (Lipinski definition) is 3. The summed E-state index contributed by atoms with van der Waals surface area (Å²) in [5.41, 5.74) is 1.81. The monoisotopic (exact) mass is 269 g/mol. The number of H-pyrrole nitrogens is 1. The Morgan fingerprint density at radius 1 is 0.895 bits per heavy atom. The Morgan fingerprint density at radius 2 is 1.58 bits per heavy atom. The molecule has 1 aromatic heterocycles. The summed E-state index contributed by atoms with van der Waals surface area (Å²) in [6.07, 6.45) is 0. The molecular weight excluding hydrogens is 258 g/mol. The Bertz CT molecular complexity index is 714. The molecule has 3 rings (SSSR count). The van der Waals surface area contributed by atoms with Crippen LogP contribution in [-0.4, -0.2) is 4.98 Å². The SMILES string of the molecule is O=c1[nH]c(-c2ccc(Oc3ccccc3)cc2)cs1. The van der Waals surface area contributed by atoms with Crippen molar-refractivity contribution in [2.24, 2.45) is 0 Å². The van der Waals surface area contributed by atoms with Crippen LogP contribution in [0.4, 0.5) is 0 Å². The minimum Gasteiger partial charge on any atom is -0.457 e. The average Bonchev–Trinajstić information content (AvgIpc) is 2.87. The van der Waals surface area contributed by atoms with E-state index in [4.69, 9.17) is 4.74 Å². The Kier molecular flexibility index (Phi) is 3.16. The molecule has 3 nitrogen and oxygen atoms in total. The summed E-state index contributed by atoms with van der Waals surface area (Å²) in [5, 5.41) is 1.81. The topological polar surface area (TPSA) is 42.1 Å². The van der Waals surface area contributed by atoms with Crippen molar-refractivity contribution in [1.29, 1.82) is 0 Å². The van der Waals surface area contributed by atoms with Gasteiger partial charge in [-0.25, -0.2) is 0 Å². The Morgan fingerprint density at radius 3 is 2.21 bits per heavy atom. The maximum absolute atomic E-state index is 11.1. The van der Waals surface area contributed by atoms with Crippen LogP contribution in [0.25, 0.3) is 11.3 Å². The third kappa shape index (κ3) is 2.74. The van der Waals surface area contributed by atoms with E-state index in [1.165, 1.54) is 0 Å². The van der Waals surface area contributed by atoms with Gasteiger partial charge in [0.1, 0.15) is 11.5 Å². The van der Waals surface area contributed by atoms with E-state index in [1.54, 1.807) is 0 Å². The number of rotatable bonds is 3. The lowest BCUT2D eigenvalue weighted by Crippen LogP contribution is -1.92. The van der Waals surface area contributed by atoms with Crippen molar-refractivity contribution in [1.82, 2.24) is 4.98 Å². The van der Waals surface area contributed by atoms with Crippen molar-refractivity contribution in [3.63, 3.8) is 0 Å². The van der Waals surface area contributed by atoms with Crippen molar-refractivity contribution in [2.45, 2.75) is 0 Å². The van der Waals surface area contributed by atoms with Gasteiger partial charge >= 0.3 is 4.87 Å². The Hall–Kier alpha value is -2.33. The average molecular weight is 269 g/mol. The summed E-state index contributed by atoms with van der Waals surface area (Å²) >= 11 is 1.16. The van der Waals surface area contributed by atoms with E-state index in [0.717, 1.165) is 34.1 Å². The summed E-state index contributed by atoms with van der Waals surface area (Å²) in [7, 11) is 0. The van der Waals surface area contributed by atoms with Crippen LogP contribution in [0.3, 0.4) is 0 Å². The molecule has 0 bridgehead atoms. The summed E-state index contributed by atoms with van der Waals surface area (Å²) in [5.74, 6) is 1.58. The molecule has 0 fully saturated rings. The molecule has 0 atom stereocenters. The number of nitrogens with one attached hydrogen (secondary N) is 1. The zero-order valence-corrected chi connectivity index (χ0v) is 10.8. The molecular formula is C15H11NO2S. The standard InChI is InChI=1S/C15H11NO2S/c17-15-16-14(10-19-15)11-6-8-13(9-7-11)18-12-4-2-1-3-5-12/h1-10H,(H,16,17). The lowest BCUT2D eigenvalue weighted by molar-refractivity contribution is 0.483. The van der Waals surface area contributed by atoms with Gasteiger partial charge in [-0.05, 0) is 42.0 Å². The van der Waals surface area contributed by atoms with E-state index >= 15 is 0 Å². The molecule has 94 valence electrons. The second-order valence-electron chi connectivity index (χ2n) is 4.00. The van der Waals surface area contributed by atoms with Gasteiger partial charge in [0.2, 0.25) is 0 Å². The van der Waals surface area contributed by atoms with Gasteiger partial charge in [0, 0.05) is 5.38 Å². The number of aromatic nitrogens is 1. The molecule has 4 heteroatoms. The van der Waals surface area contributed by atoms with E-state index in [2.05, 4.69) is 4.98 Å². The molecule has 1 N–H and O–H groups in total. The van der Waals surface area contributed by atoms with E-state index in [9.17, 15) is 4.79 Å². The first kappa shape index (κ1) is 11.7. The second kappa shape index (κ2) is 5.12. The largest absolute Gasteiger partial charge is 0.457 e. The predicted molar refractivity (Wildman–Crippen MR) is 76.9 cm³/mol. The fourth-order valence-electron chi connectivity index (χ4n) is 1.75. The van der Waals surface area contributed by atoms with Crippen LogP contribution < -0.4 is 9.61 Å². The van der Waals surface area contributed by atoms with Crippen molar-refractivity contribution in [3.8, 4) is 22.8 Å². The predicted octanol–water partition coefficient (Wildman–Crippen LogP) is 3.90. The lowest BCUT2D eigenvalue weighted by Gasteiger charge is -2.05. The molecule has 0 aliphatic rings. The fourth-order valence-corrected chi connectivity index (χ4v) is 2.34. The highest BCUT2D eigenvalue weighted by Gasteiger charge is 2.01. The number of aromatic amines is 1. The molecule has 0 spiro atoms. The van der Waals surface area contributed by atoms with Gasteiger partial charge in [0.05, 0.1) is 5.69 Å². The lowest BCUT2D eigenvalue weighted by atomic mass is 10.2. The van der Waals surface area contributed by atoms with Gasteiger partial charge in [-0.15, -0.1) is 0 Å². The van der Waals surface area contributed by atoms with E-state index in [-0.39, 0.29) is 4.87 Å². The van der Waals surface area contributed by atoms with Gasteiger partial charge < -0.3 is 9.72 Å². The van der Waals surface area contributed by atoms with Gasteiger partial charge in [-0.2, -0.15) is 0 Å². The normalized spacial score (nSPS) is 10.3. The molecule has 0 aliphatic carbocycles. The summed E-state index contributed by atoms with van der Waals surface area (Å²) < 4.78 is 5.71. The highest BCUT2D eigenvalue weighted by Crippen LogP contribution is 2.24. The summed E-state index contributed by atoms with van der Waals surface area (Å²) in [4.78, 5) is 13.9. The molecule has 0 saturated carbocycles. The zero-order chi connectivity index (χ0) is 13.1. The van der Waals surface area contributed by atoms with E-state index in [1.807, 2.05) is 60.0 Å². The molecule has 2 aromatic carbocycles. The minimum absolute atomic E-state index is 0.0420. The summed E-state index contributed by atoms with van der Waals surface area (Å²) in [6.45, 7) is 0. The smallest absolute Gasteiger partial charge is 0.304 e. The van der Waals surface area contributed by atoms with Crippen molar-refractivity contribution in [3.05, 3.63) is 69.6 Å². The number of para-hydroxylation sites is 1. The molecule has 0 aliphatic heterocycles. The quantitative estimate of drug-likeness (QED) is 0.783. The van der Waals surface area contributed by atoms with Crippen LogP contribution in [-0.2, 0) is 0 Å². The van der Waals surface area contributed by atoms with Crippen LogP contribution >= 0.6 is 11.3 Å². The van der Waals surface area contributed by atoms with Crippen LogP contribution in [0.2, 0.25) is 0 Å². The minimum atomic E-state index is -0.0420. The number of ether oxygens (including phenoxy) is 1. The van der Waals surface area contributed by atoms with Gasteiger partial charge in [0.15, 0.2) is 0 Å². The number of benzene rings is 2. The van der Waals surface area contributed by atoms with Crippen LogP contribution in [0, 0.1) is 0 Å². The molecule has 3 aromatic rings. The van der Waals surface area contributed by atoms with E-state index in [0.29, 0.717) is 0 Å². The number of thiazole rings is 1. The van der Waals surface area contributed by atoms with Gasteiger partial charge in [0.25, 0.3) is 0 Å². The Labute approximate surface area is 114 Å². The Balaban J connectivity index is 1.81. The third-order valence-electron chi connectivity index (χ3n) is 2.66. The van der Waals surface area contributed by atoms with Crippen molar-refractivity contribution in [2.75, 3.05) is 0 Å².